The Labute approximate surface area is 109 Å². The van der Waals surface area contributed by atoms with E-state index in [9.17, 15) is 16.8 Å². The Kier molecular flexibility index (Phi) is 6.76. The van der Waals surface area contributed by atoms with Gasteiger partial charge in [0.2, 0.25) is 20.0 Å². The van der Waals surface area contributed by atoms with Gasteiger partial charge in [-0.05, 0) is 11.8 Å². The van der Waals surface area contributed by atoms with Crippen LogP contribution in [-0.4, -0.2) is 42.4 Å². The van der Waals surface area contributed by atoms with Crippen molar-refractivity contribution < 1.29 is 16.8 Å². The Balaban J connectivity index is 4.58. The van der Waals surface area contributed by atoms with Crippen LogP contribution in [0.2, 0.25) is 0 Å². The quantitative estimate of drug-likeness (QED) is 0.571. The van der Waals surface area contributed by atoms with Gasteiger partial charge in [-0.1, -0.05) is 12.2 Å². The van der Waals surface area contributed by atoms with Gasteiger partial charge in [-0.3, -0.25) is 0 Å². The van der Waals surface area contributed by atoms with E-state index in [2.05, 4.69) is 22.6 Å². The highest BCUT2D eigenvalue weighted by Crippen LogP contribution is 2.13. The summed E-state index contributed by atoms with van der Waals surface area (Å²) in [6.45, 7) is 7.54. The van der Waals surface area contributed by atoms with Crippen LogP contribution in [0.15, 0.2) is 25.3 Å². The number of sulfonamides is 2. The monoisotopic (exact) mass is 296 g/mol. The maximum atomic E-state index is 11.0. The molecule has 0 aliphatic carbocycles. The molecule has 0 saturated carbocycles. The number of hydrogen-bond donors (Lipinski definition) is 2. The summed E-state index contributed by atoms with van der Waals surface area (Å²) in [6.07, 6.45) is 5.28. The fourth-order valence-corrected chi connectivity index (χ4v) is 2.30. The average molecular weight is 296 g/mol. The molecule has 0 aliphatic heterocycles. The van der Waals surface area contributed by atoms with Crippen LogP contribution in [-0.2, 0) is 20.0 Å². The van der Waals surface area contributed by atoms with Crippen molar-refractivity contribution in [2.75, 3.05) is 25.6 Å². The molecule has 8 heteroatoms. The molecule has 0 bridgehead atoms. The Hall–Kier alpha value is -0.700. The molecule has 0 aliphatic rings. The second-order valence-corrected chi connectivity index (χ2v) is 7.71. The first-order valence-corrected chi connectivity index (χ1v) is 9.01. The third kappa shape index (κ3) is 8.40. The Bertz CT molecular complexity index is 436. The summed E-state index contributed by atoms with van der Waals surface area (Å²) in [5.41, 5.74) is 0. The van der Waals surface area contributed by atoms with Gasteiger partial charge in [0.25, 0.3) is 0 Å². The summed E-state index contributed by atoms with van der Waals surface area (Å²) in [7, 11) is -6.57. The molecule has 0 heterocycles. The molecule has 0 radical (unpaired) electrons. The van der Waals surface area contributed by atoms with Crippen LogP contribution >= 0.6 is 0 Å². The molecule has 0 fully saturated rings. The zero-order valence-electron chi connectivity index (χ0n) is 10.6. The lowest BCUT2D eigenvalue weighted by atomic mass is 9.93. The number of hydrogen-bond acceptors (Lipinski definition) is 4. The second kappa shape index (κ2) is 7.03. The van der Waals surface area contributed by atoms with E-state index in [4.69, 9.17) is 0 Å². The fraction of sp³-hybridized carbons (Fsp3) is 0.600. The predicted molar refractivity (Wildman–Crippen MR) is 73.1 cm³/mol. The largest absolute Gasteiger partial charge is 0.215 e. The van der Waals surface area contributed by atoms with E-state index >= 15 is 0 Å². The normalized spacial score (nSPS) is 15.9. The van der Waals surface area contributed by atoms with Crippen LogP contribution in [0, 0.1) is 11.8 Å². The van der Waals surface area contributed by atoms with Gasteiger partial charge in [0.15, 0.2) is 0 Å². The standard InChI is InChI=1S/C10H20N2O4S2/c1-5-9(7-11-17(3,13)14)10(6-2)8-12-18(4,15)16/h5-6,9-12H,1-2,7-8H2,3-4H3/t9-,10-/m1/s1. The third-order valence-corrected chi connectivity index (χ3v) is 3.70. The van der Waals surface area contributed by atoms with Gasteiger partial charge >= 0.3 is 0 Å². The van der Waals surface area contributed by atoms with Crippen molar-refractivity contribution >= 4 is 20.0 Å². The van der Waals surface area contributed by atoms with Crippen molar-refractivity contribution in [2.24, 2.45) is 11.8 Å². The van der Waals surface area contributed by atoms with Crippen molar-refractivity contribution in [1.82, 2.24) is 9.44 Å². The zero-order chi connectivity index (χ0) is 14.4. The predicted octanol–water partition coefficient (Wildman–Crippen LogP) is -0.311. The molecule has 0 saturated heterocycles. The number of nitrogens with one attached hydrogen (secondary N) is 2. The minimum Gasteiger partial charge on any atom is -0.215 e. The molecule has 2 atom stereocenters. The topological polar surface area (TPSA) is 92.3 Å². The van der Waals surface area contributed by atoms with Crippen LogP contribution in [0.25, 0.3) is 0 Å². The lowest BCUT2D eigenvalue weighted by molar-refractivity contribution is 0.459. The van der Waals surface area contributed by atoms with Gasteiger partial charge in [0.1, 0.15) is 0 Å². The minimum atomic E-state index is -3.29. The minimum absolute atomic E-state index is 0.157. The Morgan fingerprint density at radius 3 is 1.33 bits per heavy atom. The number of rotatable bonds is 9. The molecule has 18 heavy (non-hydrogen) atoms. The van der Waals surface area contributed by atoms with Crippen LogP contribution in [0.1, 0.15) is 0 Å². The van der Waals surface area contributed by atoms with Crippen molar-refractivity contribution in [2.45, 2.75) is 0 Å². The first-order valence-electron chi connectivity index (χ1n) is 5.23. The highest BCUT2D eigenvalue weighted by molar-refractivity contribution is 7.89. The molecule has 0 rings (SSSR count). The van der Waals surface area contributed by atoms with E-state index < -0.39 is 20.0 Å². The van der Waals surface area contributed by atoms with E-state index in [0.29, 0.717) is 0 Å². The summed E-state index contributed by atoms with van der Waals surface area (Å²) in [4.78, 5) is 0. The van der Waals surface area contributed by atoms with Gasteiger partial charge in [-0.2, -0.15) is 0 Å². The molecule has 0 aromatic heterocycles. The molecule has 0 aromatic rings. The summed E-state index contributed by atoms with van der Waals surface area (Å²) >= 11 is 0. The van der Waals surface area contributed by atoms with E-state index in [1.54, 1.807) is 12.2 Å². The van der Waals surface area contributed by atoms with Gasteiger partial charge in [0.05, 0.1) is 12.5 Å². The van der Waals surface area contributed by atoms with Gasteiger partial charge in [-0.25, -0.2) is 26.3 Å². The van der Waals surface area contributed by atoms with E-state index in [1.807, 2.05) is 0 Å². The lowest BCUT2D eigenvalue weighted by Crippen LogP contribution is -2.36. The van der Waals surface area contributed by atoms with Crippen LogP contribution in [0.5, 0.6) is 0 Å². The smallest absolute Gasteiger partial charge is 0.208 e. The average Bonchev–Trinajstić information content (AvgIpc) is 2.20. The second-order valence-electron chi connectivity index (χ2n) is 4.04. The molecular formula is C10H20N2O4S2. The van der Waals surface area contributed by atoms with Crippen LogP contribution in [0.3, 0.4) is 0 Å². The zero-order valence-corrected chi connectivity index (χ0v) is 12.2. The van der Waals surface area contributed by atoms with Crippen molar-refractivity contribution in [3.8, 4) is 0 Å². The summed E-state index contributed by atoms with van der Waals surface area (Å²) in [5.74, 6) is -0.460. The highest BCUT2D eigenvalue weighted by atomic mass is 32.2. The molecule has 2 N–H and O–H groups in total. The maximum Gasteiger partial charge on any atom is 0.208 e. The SMILES string of the molecule is C=C[C@H](CNS(C)(=O)=O)[C@H](C=C)CNS(C)(=O)=O. The molecule has 0 amide bonds. The van der Waals surface area contributed by atoms with Crippen LogP contribution in [0.4, 0.5) is 0 Å². The summed E-state index contributed by atoms with van der Waals surface area (Å²) < 4.78 is 48.7. The van der Waals surface area contributed by atoms with E-state index in [-0.39, 0.29) is 24.9 Å². The molecule has 0 unspecified atom stereocenters. The molecule has 106 valence electrons. The Morgan fingerprint density at radius 2 is 1.17 bits per heavy atom. The van der Waals surface area contributed by atoms with E-state index in [0.717, 1.165) is 12.5 Å². The van der Waals surface area contributed by atoms with Crippen LogP contribution < -0.4 is 9.44 Å². The highest BCUT2D eigenvalue weighted by Gasteiger charge is 2.18. The lowest BCUT2D eigenvalue weighted by Gasteiger charge is -2.21. The van der Waals surface area contributed by atoms with Crippen molar-refractivity contribution in [3.63, 3.8) is 0 Å². The molecular weight excluding hydrogens is 276 g/mol. The first kappa shape index (κ1) is 17.3. The first-order chi connectivity index (χ1) is 8.09. The summed E-state index contributed by atoms with van der Waals surface area (Å²) in [6, 6.07) is 0. The maximum absolute atomic E-state index is 11.0. The summed E-state index contributed by atoms with van der Waals surface area (Å²) in [5, 5.41) is 0. The Morgan fingerprint density at radius 1 is 0.889 bits per heavy atom. The van der Waals surface area contributed by atoms with Gasteiger partial charge < -0.3 is 0 Å². The van der Waals surface area contributed by atoms with Crippen molar-refractivity contribution in [3.05, 3.63) is 25.3 Å². The third-order valence-electron chi connectivity index (χ3n) is 2.32. The van der Waals surface area contributed by atoms with E-state index in [1.165, 1.54) is 0 Å². The van der Waals surface area contributed by atoms with Gasteiger partial charge in [0, 0.05) is 13.1 Å². The molecule has 0 spiro atoms. The van der Waals surface area contributed by atoms with Gasteiger partial charge in [-0.15, -0.1) is 13.2 Å². The fourth-order valence-electron chi connectivity index (χ4n) is 1.31. The molecule has 0 aromatic carbocycles. The molecule has 6 nitrogen and oxygen atoms in total. The van der Waals surface area contributed by atoms with Crippen molar-refractivity contribution in [1.29, 1.82) is 0 Å².